The lowest BCUT2D eigenvalue weighted by Gasteiger charge is -2.44. The lowest BCUT2D eigenvalue weighted by molar-refractivity contribution is -0.134. The Morgan fingerprint density at radius 2 is 1.94 bits per heavy atom. The Hall–Kier alpha value is -0.120. The Labute approximate surface area is 106 Å². The first-order valence-corrected chi connectivity index (χ1v) is 7.19. The fraction of sp³-hybridized carbons (Fsp3) is 1.00. The van der Waals surface area contributed by atoms with E-state index in [4.69, 9.17) is 10.5 Å². The van der Waals surface area contributed by atoms with Crippen molar-refractivity contribution in [3.05, 3.63) is 0 Å². The van der Waals surface area contributed by atoms with Crippen LogP contribution in [0.1, 0.15) is 46.0 Å². The molecule has 17 heavy (non-hydrogen) atoms. The summed E-state index contributed by atoms with van der Waals surface area (Å²) in [5, 5.41) is 0. The van der Waals surface area contributed by atoms with Crippen molar-refractivity contribution in [3.8, 4) is 0 Å². The van der Waals surface area contributed by atoms with E-state index >= 15 is 0 Å². The second-order valence-electron chi connectivity index (χ2n) is 6.43. The van der Waals surface area contributed by atoms with E-state index in [2.05, 4.69) is 18.7 Å². The molecule has 0 aromatic heterocycles. The van der Waals surface area contributed by atoms with E-state index < -0.39 is 0 Å². The highest BCUT2D eigenvalue weighted by Gasteiger charge is 2.33. The molecule has 1 saturated heterocycles. The minimum Gasteiger partial charge on any atom is -0.368 e. The average Bonchev–Trinajstić information content (AvgIpc) is 2.28. The molecule has 2 rings (SSSR count). The van der Waals surface area contributed by atoms with Crippen LogP contribution in [0.25, 0.3) is 0 Å². The number of hydrogen-bond donors (Lipinski definition) is 1. The lowest BCUT2D eigenvalue weighted by atomic mass is 9.88. The van der Waals surface area contributed by atoms with Gasteiger partial charge in [-0.2, -0.15) is 0 Å². The maximum atomic E-state index is 5.98. The number of rotatable bonds is 3. The van der Waals surface area contributed by atoms with E-state index in [0.717, 1.165) is 19.0 Å². The minimum absolute atomic E-state index is 0.0308. The summed E-state index contributed by atoms with van der Waals surface area (Å²) in [6, 6.07) is 0. The first-order chi connectivity index (χ1) is 8.09. The van der Waals surface area contributed by atoms with Gasteiger partial charge in [0.25, 0.3) is 0 Å². The first kappa shape index (κ1) is 13.3. The van der Waals surface area contributed by atoms with Crippen molar-refractivity contribution in [2.24, 2.45) is 11.7 Å². The van der Waals surface area contributed by atoms with Crippen LogP contribution in [0.5, 0.6) is 0 Å². The Morgan fingerprint density at radius 1 is 1.24 bits per heavy atom. The van der Waals surface area contributed by atoms with Crippen LogP contribution < -0.4 is 5.73 Å². The second kappa shape index (κ2) is 5.68. The maximum absolute atomic E-state index is 5.98. The lowest BCUT2D eigenvalue weighted by Crippen LogP contribution is -2.55. The van der Waals surface area contributed by atoms with Crippen LogP contribution >= 0.6 is 0 Å². The zero-order chi connectivity index (χ0) is 12.3. The molecular formula is C14H28N2O. The summed E-state index contributed by atoms with van der Waals surface area (Å²) in [4.78, 5) is 2.58. The van der Waals surface area contributed by atoms with Crippen molar-refractivity contribution < 1.29 is 4.74 Å². The molecule has 0 aromatic carbocycles. The van der Waals surface area contributed by atoms with Crippen molar-refractivity contribution in [1.29, 1.82) is 0 Å². The zero-order valence-corrected chi connectivity index (χ0v) is 11.5. The van der Waals surface area contributed by atoms with Crippen LogP contribution in [0.3, 0.4) is 0 Å². The van der Waals surface area contributed by atoms with Crippen LogP contribution in [0.2, 0.25) is 0 Å². The molecule has 1 aliphatic heterocycles. The van der Waals surface area contributed by atoms with Crippen LogP contribution in [0, 0.1) is 5.92 Å². The molecule has 2 N–H and O–H groups in total. The van der Waals surface area contributed by atoms with Gasteiger partial charge >= 0.3 is 0 Å². The Kier molecular flexibility index (Phi) is 4.45. The second-order valence-corrected chi connectivity index (χ2v) is 6.43. The van der Waals surface area contributed by atoms with E-state index in [-0.39, 0.29) is 11.7 Å². The number of nitrogens with zero attached hydrogens (tertiary/aromatic N) is 1. The van der Waals surface area contributed by atoms with Crippen molar-refractivity contribution in [2.75, 3.05) is 26.2 Å². The zero-order valence-electron chi connectivity index (χ0n) is 11.5. The first-order valence-electron chi connectivity index (χ1n) is 7.19. The van der Waals surface area contributed by atoms with Crippen molar-refractivity contribution in [2.45, 2.75) is 57.7 Å². The number of morpholine rings is 1. The standard InChI is InChI=1S/C14H28N2O/c1-14(2)11-16(10-13(8-15)17-14)9-12-6-4-3-5-7-12/h12-13H,3-11,15H2,1-2H3. The van der Waals surface area contributed by atoms with Gasteiger partial charge in [0.05, 0.1) is 11.7 Å². The molecule has 1 saturated carbocycles. The van der Waals surface area contributed by atoms with Crippen molar-refractivity contribution in [3.63, 3.8) is 0 Å². The van der Waals surface area contributed by atoms with Gasteiger partial charge in [0.2, 0.25) is 0 Å². The van der Waals surface area contributed by atoms with Crippen molar-refractivity contribution >= 4 is 0 Å². The Morgan fingerprint density at radius 3 is 2.59 bits per heavy atom. The molecule has 1 aliphatic carbocycles. The molecule has 0 bridgehead atoms. The number of nitrogens with two attached hydrogens (primary N) is 1. The van der Waals surface area contributed by atoms with Crippen LogP contribution in [0.15, 0.2) is 0 Å². The summed E-state index contributed by atoms with van der Waals surface area (Å²) in [6.07, 6.45) is 7.37. The van der Waals surface area contributed by atoms with Gasteiger partial charge < -0.3 is 10.5 Å². The SMILES string of the molecule is CC1(C)CN(CC2CCCCC2)CC(CN)O1. The summed E-state index contributed by atoms with van der Waals surface area (Å²) >= 11 is 0. The Balaban J connectivity index is 1.86. The molecule has 0 aromatic rings. The normalized spacial score (nSPS) is 31.6. The molecule has 100 valence electrons. The molecular weight excluding hydrogens is 212 g/mol. The third kappa shape index (κ3) is 3.94. The molecule has 2 fully saturated rings. The summed E-state index contributed by atoms with van der Waals surface area (Å²) in [6.45, 7) is 8.34. The monoisotopic (exact) mass is 240 g/mol. The Bertz CT molecular complexity index is 236. The predicted octanol–water partition coefficient (Wildman–Crippen LogP) is 2.00. The van der Waals surface area contributed by atoms with Gasteiger partial charge in [-0.3, -0.25) is 4.90 Å². The van der Waals surface area contributed by atoms with E-state index in [1.54, 1.807) is 0 Å². The van der Waals surface area contributed by atoms with E-state index in [1.165, 1.54) is 38.6 Å². The minimum atomic E-state index is -0.0308. The van der Waals surface area contributed by atoms with Gasteiger partial charge in [-0.05, 0) is 32.6 Å². The van der Waals surface area contributed by atoms with Gasteiger partial charge in [-0.1, -0.05) is 19.3 Å². The average molecular weight is 240 g/mol. The molecule has 2 aliphatic rings. The van der Waals surface area contributed by atoms with Crippen molar-refractivity contribution in [1.82, 2.24) is 4.90 Å². The van der Waals surface area contributed by atoms with Gasteiger partial charge in [0.1, 0.15) is 0 Å². The van der Waals surface area contributed by atoms with Crippen LogP contribution in [-0.2, 0) is 4.74 Å². The van der Waals surface area contributed by atoms with Gasteiger partial charge in [-0.15, -0.1) is 0 Å². The van der Waals surface area contributed by atoms with Gasteiger partial charge in [0, 0.05) is 26.2 Å². The van der Waals surface area contributed by atoms with Gasteiger partial charge in [0.15, 0.2) is 0 Å². The molecule has 1 atom stereocenters. The highest BCUT2D eigenvalue weighted by molar-refractivity contribution is 4.85. The fourth-order valence-corrected chi connectivity index (χ4v) is 3.41. The molecule has 0 spiro atoms. The summed E-state index contributed by atoms with van der Waals surface area (Å²) in [7, 11) is 0. The molecule has 1 heterocycles. The van der Waals surface area contributed by atoms with Crippen LogP contribution in [0.4, 0.5) is 0 Å². The molecule has 0 radical (unpaired) electrons. The highest BCUT2D eigenvalue weighted by atomic mass is 16.5. The van der Waals surface area contributed by atoms with E-state index in [1.807, 2.05) is 0 Å². The predicted molar refractivity (Wildman–Crippen MR) is 71.0 cm³/mol. The van der Waals surface area contributed by atoms with E-state index in [9.17, 15) is 0 Å². The fourth-order valence-electron chi connectivity index (χ4n) is 3.41. The molecule has 1 unspecified atom stereocenters. The van der Waals surface area contributed by atoms with E-state index in [0.29, 0.717) is 6.54 Å². The van der Waals surface area contributed by atoms with Gasteiger partial charge in [-0.25, -0.2) is 0 Å². The highest BCUT2D eigenvalue weighted by Crippen LogP contribution is 2.27. The smallest absolute Gasteiger partial charge is 0.0831 e. The molecule has 0 amide bonds. The van der Waals surface area contributed by atoms with Crippen LogP contribution in [-0.4, -0.2) is 42.8 Å². The number of ether oxygens (including phenoxy) is 1. The topological polar surface area (TPSA) is 38.5 Å². The molecule has 3 nitrogen and oxygen atoms in total. The summed E-state index contributed by atoms with van der Waals surface area (Å²) in [5.74, 6) is 0.913. The summed E-state index contributed by atoms with van der Waals surface area (Å²) < 4.78 is 5.98. The summed E-state index contributed by atoms with van der Waals surface area (Å²) in [5.41, 5.74) is 5.74. The quantitative estimate of drug-likeness (QED) is 0.820. The largest absolute Gasteiger partial charge is 0.368 e. The maximum Gasteiger partial charge on any atom is 0.0831 e. The molecule has 3 heteroatoms. The third-order valence-corrected chi connectivity index (χ3v) is 4.06. The number of hydrogen-bond acceptors (Lipinski definition) is 3. The third-order valence-electron chi connectivity index (χ3n) is 4.06.